The van der Waals surface area contributed by atoms with Crippen molar-refractivity contribution in [2.75, 3.05) is 33.1 Å². The van der Waals surface area contributed by atoms with Crippen molar-refractivity contribution in [1.82, 2.24) is 0 Å². The first-order chi connectivity index (χ1) is 10.5. The monoisotopic (exact) mass is 369 g/mol. The Kier molecular flexibility index (Phi) is 19.4. The van der Waals surface area contributed by atoms with Crippen LogP contribution >= 0.6 is 11.6 Å². The molecule has 0 radical (unpaired) electrons. The minimum absolute atomic E-state index is 0. The van der Waals surface area contributed by atoms with Crippen molar-refractivity contribution in [3.05, 3.63) is 0 Å². The standard InChI is InChI=1S/C19H41ClNO.ClH/c1-4-5-6-7-8-9-10-11-12-13-14-15-16-21(2,3)18-19(22)17-20;/h19,22H,4-18H2,1-3H3;1H/q+1;/p-1. The number of quaternary nitrogens is 1. The molecular formula is C19H41Cl2NO. The maximum atomic E-state index is 9.64. The van der Waals surface area contributed by atoms with Crippen molar-refractivity contribution in [2.45, 2.75) is 90.1 Å². The van der Waals surface area contributed by atoms with Gasteiger partial charge in [-0.1, -0.05) is 71.1 Å². The number of rotatable bonds is 16. The maximum absolute atomic E-state index is 9.64. The van der Waals surface area contributed by atoms with E-state index in [2.05, 4.69) is 21.0 Å². The van der Waals surface area contributed by atoms with Gasteiger partial charge in [-0.3, -0.25) is 0 Å². The highest BCUT2D eigenvalue weighted by Crippen LogP contribution is 2.13. The number of likely N-dealkylation sites (N-methyl/N-ethyl adjacent to an activating group) is 1. The highest BCUT2D eigenvalue weighted by Gasteiger charge is 2.19. The summed E-state index contributed by atoms with van der Waals surface area (Å²) in [6, 6.07) is 0. The molecule has 23 heavy (non-hydrogen) atoms. The Morgan fingerprint density at radius 1 is 0.783 bits per heavy atom. The van der Waals surface area contributed by atoms with Crippen LogP contribution in [0.15, 0.2) is 0 Å². The predicted octanol–water partition coefficient (Wildman–Crippen LogP) is 2.37. The Labute approximate surface area is 157 Å². The largest absolute Gasteiger partial charge is 1.00 e. The topological polar surface area (TPSA) is 20.2 Å². The van der Waals surface area contributed by atoms with Gasteiger partial charge in [0, 0.05) is 0 Å². The van der Waals surface area contributed by atoms with E-state index in [0.717, 1.165) is 17.6 Å². The van der Waals surface area contributed by atoms with Crippen LogP contribution in [0.4, 0.5) is 0 Å². The third-order valence-corrected chi connectivity index (χ3v) is 4.86. The van der Waals surface area contributed by atoms with Crippen molar-refractivity contribution < 1.29 is 22.0 Å². The van der Waals surface area contributed by atoms with Gasteiger partial charge in [0.05, 0.1) is 26.5 Å². The maximum Gasteiger partial charge on any atom is 0.116 e. The molecule has 0 aliphatic heterocycles. The molecule has 0 bridgehead atoms. The van der Waals surface area contributed by atoms with Gasteiger partial charge >= 0.3 is 0 Å². The molecule has 0 saturated heterocycles. The number of aliphatic hydroxyl groups excluding tert-OH is 1. The fourth-order valence-electron chi connectivity index (χ4n) is 3.09. The molecular weight excluding hydrogens is 329 g/mol. The predicted molar refractivity (Wildman–Crippen MR) is 99.6 cm³/mol. The van der Waals surface area contributed by atoms with E-state index in [0.29, 0.717) is 5.88 Å². The molecule has 2 nitrogen and oxygen atoms in total. The van der Waals surface area contributed by atoms with Gasteiger partial charge in [0.25, 0.3) is 0 Å². The molecule has 0 aromatic heterocycles. The smallest absolute Gasteiger partial charge is 0.116 e. The van der Waals surface area contributed by atoms with Gasteiger partial charge in [-0.2, -0.15) is 0 Å². The second-order valence-corrected chi connectivity index (χ2v) is 7.85. The number of hydrogen-bond donors (Lipinski definition) is 1. The van der Waals surface area contributed by atoms with Gasteiger partial charge in [-0.05, 0) is 12.8 Å². The average molecular weight is 370 g/mol. The van der Waals surface area contributed by atoms with Crippen LogP contribution in [0, 0.1) is 0 Å². The van der Waals surface area contributed by atoms with Crippen LogP contribution in [0.3, 0.4) is 0 Å². The van der Waals surface area contributed by atoms with Gasteiger partial charge in [-0.25, -0.2) is 0 Å². The Hall–Kier alpha value is 0.500. The van der Waals surface area contributed by atoms with Crippen molar-refractivity contribution in [3.8, 4) is 0 Å². The molecule has 4 heteroatoms. The van der Waals surface area contributed by atoms with Crippen molar-refractivity contribution in [3.63, 3.8) is 0 Å². The normalized spacial score (nSPS) is 12.9. The van der Waals surface area contributed by atoms with Gasteiger partial charge < -0.3 is 22.0 Å². The van der Waals surface area contributed by atoms with Gasteiger partial charge in [0.15, 0.2) is 0 Å². The van der Waals surface area contributed by atoms with Gasteiger partial charge in [0.2, 0.25) is 0 Å². The minimum Gasteiger partial charge on any atom is -1.00 e. The first-order valence-electron chi connectivity index (χ1n) is 9.58. The fourth-order valence-corrected chi connectivity index (χ4v) is 3.19. The van der Waals surface area contributed by atoms with Gasteiger partial charge in [0.1, 0.15) is 12.6 Å². The Morgan fingerprint density at radius 2 is 1.17 bits per heavy atom. The summed E-state index contributed by atoms with van der Waals surface area (Å²) >= 11 is 5.68. The van der Waals surface area contributed by atoms with Crippen LogP contribution < -0.4 is 12.4 Å². The number of unbranched alkanes of at least 4 members (excludes halogenated alkanes) is 11. The van der Waals surface area contributed by atoms with E-state index < -0.39 is 0 Å². The van der Waals surface area contributed by atoms with E-state index in [-0.39, 0.29) is 18.5 Å². The summed E-state index contributed by atoms with van der Waals surface area (Å²) in [5.74, 6) is 0.347. The molecule has 0 saturated carbocycles. The lowest BCUT2D eigenvalue weighted by Crippen LogP contribution is -3.00. The third kappa shape index (κ3) is 18.7. The van der Waals surface area contributed by atoms with E-state index in [1.54, 1.807) is 0 Å². The lowest BCUT2D eigenvalue weighted by molar-refractivity contribution is -0.893. The molecule has 0 aliphatic rings. The molecule has 0 spiro atoms. The quantitative estimate of drug-likeness (QED) is 0.251. The summed E-state index contributed by atoms with van der Waals surface area (Å²) < 4.78 is 0.881. The molecule has 0 aliphatic carbocycles. The molecule has 0 aromatic rings. The van der Waals surface area contributed by atoms with Crippen LogP contribution in [0.1, 0.15) is 84.0 Å². The SMILES string of the molecule is CCCCCCCCCCCCCC[N+](C)(C)CC(O)CCl.[Cl-]. The second-order valence-electron chi connectivity index (χ2n) is 7.54. The summed E-state index contributed by atoms with van der Waals surface area (Å²) in [6.07, 6.45) is 16.3. The zero-order valence-corrected chi connectivity index (χ0v) is 17.3. The van der Waals surface area contributed by atoms with Crippen molar-refractivity contribution >= 4 is 11.6 Å². The lowest BCUT2D eigenvalue weighted by atomic mass is 10.1. The number of halogens is 2. The number of hydrogen-bond acceptors (Lipinski definition) is 1. The molecule has 1 N–H and O–H groups in total. The molecule has 142 valence electrons. The van der Waals surface area contributed by atoms with Crippen LogP contribution in [0.5, 0.6) is 0 Å². The molecule has 1 unspecified atom stereocenters. The van der Waals surface area contributed by atoms with Crippen LogP contribution in [0.2, 0.25) is 0 Å². The van der Waals surface area contributed by atoms with E-state index in [1.807, 2.05) is 0 Å². The fraction of sp³-hybridized carbons (Fsp3) is 1.00. The summed E-state index contributed by atoms with van der Waals surface area (Å²) in [5, 5.41) is 9.64. The van der Waals surface area contributed by atoms with Crippen molar-refractivity contribution in [1.29, 1.82) is 0 Å². The average Bonchev–Trinajstić information content (AvgIpc) is 2.47. The summed E-state index contributed by atoms with van der Waals surface area (Å²) in [5.41, 5.74) is 0. The molecule has 0 rings (SSSR count). The van der Waals surface area contributed by atoms with Crippen LogP contribution in [-0.4, -0.2) is 48.8 Å². The summed E-state index contributed by atoms with van der Waals surface area (Å²) in [7, 11) is 4.38. The first kappa shape index (κ1) is 25.7. The first-order valence-corrected chi connectivity index (χ1v) is 10.1. The van der Waals surface area contributed by atoms with Gasteiger partial charge in [-0.15, -0.1) is 11.6 Å². The molecule has 1 atom stereocenters. The van der Waals surface area contributed by atoms with Crippen LogP contribution in [0.25, 0.3) is 0 Å². The third-order valence-electron chi connectivity index (χ3n) is 4.50. The molecule has 0 heterocycles. The van der Waals surface area contributed by atoms with E-state index in [4.69, 9.17) is 11.6 Å². The number of aliphatic hydroxyl groups is 1. The zero-order valence-electron chi connectivity index (χ0n) is 15.8. The Balaban J connectivity index is 0. The highest BCUT2D eigenvalue weighted by molar-refractivity contribution is 6.18. The van der Waals surface area contributed by atoms with Crippen molar-refractivity contribution in [2.24, 2.45) is 0 Å². The lowest BCUT2D eigenvalue weighted by Gasteiger charge is -2.31. The van der Waals surface area contributed by atoms with E-state index >= 15 is 0 Å². The Bertz CT molecular complexity index is 237. The Morgan fingerprint density at radius 3 is 1.57 bits per heavy atom. The van der Waals surface area contributed by atoms with E-state index in [9.17, 15) is 5.11 Å². The minimum atomic E-state index is -0.367. The summed E-state index contributed by atoms with van der Waals surface area (Å²) in [6.45, 7) is 4.19. The summed E-state index contributed by atoms with van der Waals surface area (Å²) in [4.78, 5) is 0. The molecule has 0 fully saturated rings. The molecule has 0 aromatic carbocycles. The molecule has 0 amide bonds. The highest BCUT2D eigenvalue weighted by atomic mass is 35.5. The van der Waals surface area contributed by atoms with E-state index in [1.165, 1.54) is 77.0 Å². The zero-order chi connectivity index (χ0) is 16.7. The number of alkyl halides is 1. The number of nitrogens with zero attached hydrogens (tertiary/aromatic N) is 1. The van der Waals surface area contributed by atoms with Crippen LogP contribution in [-0.2, 0) is 0 Å². The second kappa shape index (κ2) is 17.3.